The Balaban J connectivity index is 1.60. The van der Waals surface area contributed by atoms with Crippen molar-refractivity contribution in [3.05, 3.63) is 81.1 Å². The number of fused-ring (bicyclic) bond motifs is 2. The molecule has 0 saturated heterocycles. The van der Waals surface area contributed by atoms with E-state index in [1.807, 2.05) is 31.2 Å². The summed E-state index contributed by atoms with van der Waals surface area (Å²) in [5.41, 5.74) is 1.31. The van der Waals surface area contributed by atoms with Crippen molar-refractivity contribution in [1.29, 1.82) is 0 Å². The predicted octanol–water partition coefficient (Wildman–Crippen LogP) is 6.19. The molecule has 5 aromatic rings. The molecule has 0 aliphatic rings. The van der Waals surface area contributed by atoms with Crippen molar-refractivity contribution in [3.8, 4) is 28.8 Å². The molecule has 11 heteroatoms. The van der Waals surface area contributed by atoms with Crippen molar-refractivity contribution >= 4 is 50.0 Å². The van der Waals surface area contributed by atoms with Gasteiger partial charge in [-0.3, -0.25) is 4.79 Å². The third kappa shape index (κ3) is 5.73. The lowest BCUT2D eigenvalue weighted by atomic mass is 10.2. The van der Waals surface area contributed by atoms with Crippen LogP contribution in [0.4, 0.5) is 0 Å². The van der Waals surface area contributed by atoms with E-state index >= 15 is 0 Å². The number of halogens is 1. The van der Waals surface area contributed by atoms with E-state index in [1.54, 1.807) is 57.4 Å². The smallest absolute Gasteiger partial charge is 0.347 e. The van der Waals surface area contributed by atoms with Crippen molar-refractivity contribution in [2.45, 2.75) is 26.9 Å². The van der Waals surface area contributed by atoms with Crippen molar-refractivity contribution in [3.63, 3.8) is 0 Å². The molecule has 2 aromatic heterocycles. The van der Waals surface area contributed by atoms with E-state index in [2.05, 4.69) is 21.0 Å². The number of furan rings is 1. The van der Waals surface area contributed by atoms with Crippen LogP contribution < -0.4 is 19.8 Å². The maximum atomic E-state index is 13.7. The van der Waals surface area contributed by atoms with E-state index in [9.17, 15) is 9.59 Å². The van der Waals surface area contributed by atoms with Crippen LogP contribution in [-0.2, 0) is 9.53 Å². The molecule has 1 atom stereocenters. The summed E-state index contributed by atoms with van der Waals surface area (Å²) in [5, 5.41) is 5.69. The van der Waals surface area contributed by atoms with Crippen LogP contribution >= 0.6 is 15.9 Å². The van der Waals surface area contributed by atoms with Crippen LogP contribution in [0.1, 0.15) is 26.3 Å². The van der Waals surface area contributed by atoms with Crippen molar-refractivity contribution in [2.24, 2.45) is 5.10 Å². The van der Waals surface area contributed by atoms with Crippen LogP contribution in [0.15, 0.2) is 79.4 Å². The highest BCUT2D eigenvalue weighted by Crippen LogP contribution is 2.35. The zero-order valence-electron chi connectivity index (χ0n) is 23.4. The molecule has 0 unspecified atom stereocenters. The second-order valence-corrected chi connectivity index (χ2v) is 9.92. The van der Waals surface area contributed by atoms with Crippen LogP contribution in [0, 0.1) is 0 Å². The van der Waals surface area contributed by atoms with Crippen molar-refractivity contribution in [1.82, 2.24) is 9.66 Å². The summed E-state index contributed by atoms with van der Waals surface area (Å²) < 4.78 is 30.0. The van der Waals surface area contributed by atoms with Gasteiger partial charge in [-0.1, -0.05) is 18.2 Å². The van der Waals surface area contributed by atoms with E-state index in [0.717, 1.165) is 5.39 Å². The first-order valence-electron chi connectivity index (χ1n) is 13.3. The van der Waals surface area contributed by atoms with Gasteiger partial charge in [0.2, 0.25) is 5.82 Å². The first kappa shape index (κ1) is 28.9. The Kier molecular flexibility index (Phi) is 8.58. The number of hydrogen-bond donors (Lipinski definition) is 0. The van der Waals surface area contributed by atoms with Gasteiger partial charge in [-0.25, -0.2) is 9.78 Å². The summed E-state index contributed by atoms with van der Waals surface area (Å²) in [6.07, 6.45) is 0.665. The Morgan fingerprint density at radius 3 is 2.62 bits per heavy atom. The van der Waals surface area contributed by atoms with E-state index in [-0.39, 0.29) is 18.0 Å². The minimum absolute atomic E-state index is 0.220. The fourth-order valence-electron chi connectivity index (χ4n) is 4.34. The third-order valence-corrected chi connectivity index (χ3v) is 7.00. The van der Waals surface area contributed by atoms with Crippen LogP contribution in [0.5, 0.6) is 17.2 Å². The minimum atomic E-state index is -0.845. The lowest BCUT2D eigenvalue weighted by Gasteiger charge is -2.17. The quantitative estimate of drug-likeness (QED) is 0.132. The van der Waals surface area contributed by atoms with Gasteiger partial charge >= 0.3 is 5.97 Å². The van der Waals surface area contributed by atoms with Gasteiger partial charge in [0.1, 0.15) is 11.3 Å². The molecule has 216 valence electrons. The first-order valence-corrected chi connectivity index (χ1v) is 14.1. The number of ether oxygens (including phenoxy) is 4. The molecule has 0 saturated carbocycles. The molecule has 0 fully saturated rings. The normalized spacial score (nSPS) is 12.1. The topological polar surface area (TPSA) is 114 Å². The van der Waals surface area contributed by atoms with Gasteiger partial charge in [-0.15, -0.1) is 0 Å². The molecule has 0 N–H and O–H groups in total. The van der Waals surface area contributed by atoms with Crippen LogP contribution in [0.2, 0.25) is 0 Å². The molecule has 0 radical (unpaired) electrons. The summed E-state index contributed by atoms with van der Waals surface area (Å²) in [6.45, 7) is 5.77. The highest BCUT2D eigenvalue weighted by atomic mass is 79.9. The minimum Gasteiger partial charge on any atom is -0.496 e. The van der Waals surface area contributed by atoms with Crippen LogP contribution in [-0.4, -0.2) is 48.3 Å². The van der Waals surface area contributed by atoms with Gasteiger partial charge in [0.05, 0.1) is 42.8 Å². The Morgan fingerprint density at radius 2 is 1.86 bits per heavy atom. The number of carbonyl (C=O) groups is 1. The lowest BCUT2D eigenvalue weighted by Crippen LogP contribution is -2.26. The fourth-order valence-corrected chi connectivity index (χ4v) is 4.77. The van der Waals surface area contributed by atoms with Gasteiger partial charge in [0, 0.05) is 10.0 Å². The average molecular weight is 634 g/mol. The van der Waals surface area contributed by atoms with Crippen LogP contribution in [0.3, 0.4) is 0 Å². The van der Waals surface area contributed by atoms with Gasteiger partial charge in [-0.2, -0.15) is 9.78 Å². The molecule has 0 aliphatic heterocycles. The van der Waals surface area contributed by atoms with Gasteiger partial charge < -0.3 is 23.4 Å². The van der Waals surface area contributed by atoms with E-state index in [0.29, 0.717) is 56.1 Å². The molecule has 0 bridgehead atoms. The zero-order chi connectivity index (χ0) is 29.8. The maximum absolute atomic E-state index is 13.7. The molecule has 0 spiro atoms. The summed E-state index contributed by atoms with van der Waals surface area (Å²) in [4.78, 5) is 30.5. The Hall–Kier alpha value is -4.64. The highest BCUT2D eigenvalue weighted by molar-refractivity contribution is 9.10. The molecule has 0 aliphatic carbocycles. The van der Waals surface area contributed by atoms with Gasteiger partial charge in [-0.05, 0) is 79.2 Å². The molecule has 5 rings (SSSR count). The third-order valence-electron chi connectivity index (χ3n) is 6.31. The molecular weight excluding hydrogens is 606 g/mol. The zero-order valence-corrected chi connectivity index (χ0v) is 25.0. The number of carbonyl (C=O) groups excluding carboxylic acids is 1. The van der Waals surface area contributed by atoms with Crippen molar-refractivity contribution in [2.75, 3.05) is 20.3 Å². The van der Waals surface area contributed by atoms with Gasteiger partial charge in [0.15, 0.2) is 23.4 Å². The predicted molar refractivity (Wildman–Crippen MR) is 163 cm³/mol. The summed E-state index contributed by atoms with van der Waals surface area (Å²) in [5.74, 6) is 1.46. The number of nitrogens with zero attached hydrogens (tertiary/aromatic N) is 3. The van der Waals surface area contributed by atoms with Gasteiger partial charge in [0.25, 0.3) is 5.56 Å². The molecule has 2 heterocycles. The number of hydrogen-bond acceptors (Lipinski definition) is 9. The van der Waals surface area contributed by atoms with E-state index < -0.39 is 12.1 Å². The second-order valence-electron chi connectivity index (χ2n) is 9.06. The summed E-state index contributed by atoms with van der Waals surface area (Å²) >= 11 is 3.55. The van der Waals surface area contributed by atoms with Crippen LogP contribution in [0.25, 0.3) is 33.5 Å². The highest BCUT2D eigenvalue weighted by Gasteiger charge is 2.21. The monoisotopic (exact) mass is 633 g/mol. The largest absolute Gasteiger partial charge is 0.496 e. The standard InChI is InChI=1S/C31H28BrN3O7/c1-5-39-26-14-19(22(32)16-27(26)41-18(3)31(37)40-6-2)17-33-35-29(34-23-11-8-7-10-20(23)30(35)36)28-15-21-24(38-4)12-9-13-25(21)42-28/h7-18H,5-6H2,1-4H3/t18-/m1/s1. The number of aromatic nitrogens is 2. The summed E-state index contributed by atoms with van der Waals surface area (Å²) in [7, 11) is 1.58. The molecule has 3 aromatic carbocycles. The average Bonchev–Trinajstić information content (AvgIpc) is 3.43. The Bertz CT molecular complexity index is 1860. The Morgan fingerprint density at radius 1 is 1.05 bits per heavy atom. The number of esters is 1. The van der Waals surface area contributed by atoms with E-state index in [1.165, 1.54) is 10.9 Å². The maximum Gasteiger partial charge on any atom is 0.347 e. The molecule has 0 amide bonds. The summed E-state index contributed by atoms with van der Waals surface area (Å²) in [6, 6.07) is 17.7. The fraction of sp³-hybridized carbons (Fsp3) is 0.226. The molecular formula is C31H28BrN3O7. The Labute approximate surface area is 249 Å². The number of rotatable bonds is 10. The first-order chi connectivity index (χ1) is 20.3. The number of methoxy groups -OCH3 is 1. The molecule has 10 nitrogen and oxygen atoms in total. The molecule has 42 heavy (non-hydrogen) atoms. The number of benzene rings is 3. The lowest BCUT2D eigenvalue weighted by molar-refractivity contribution is -0.150. The SMILES string of the molecule is CCOC(=O)[C@@H](C)Oc1cc(Br)c(C=Nn2c(-c3cc4c(OC)cccc4o3)nc3ccccc3c2=O)cc1OCC. The second kappa shape index (κ2) is 12.5. The van der Waals surface area contributed by atoms with Crippen molar-refractivity contribution < 1.29 is 28.2 Å². The number of para-hydroxylation sites is 1. The van der Waals surface area contributed by atoms with E-state index in [4.69, 9.17) is 28.3 Å².